The molecule has 220 valence electrons. The highest BCUT2D eigenvalue weighted by atomic mass is 79.9. The Labute approximate surface area is 253 Å². The van der Waals surface area contributed by atoms with Crippen molar-refractivity contribution < 1.29 is 27.5 Å². The number of imidazole rings is 1. The van der Waals surface area contributed by atoms with Gasteiger partial charge in [0.05, 0.1) is 17.6 Å². The van der Waals surface area contributed by atoms with Gasteiger partial charge >= 0.3 is 6.18 Å². The molecule has 0 spiro atoms. The van der Waals surface area contributed by atoms with Crippen molar-refractivity contribution in [2.75, 3.05) is 19.0 Å². The topological polar surface area (TPSA) is 85.2 Å². The number of ether oxygens (including phenoxy) is 1. The van der Waals surface area contributed by atoms with Gasteiger partial charge in [-0.05, 0) is 72.5 Å². The summed E-state index contributed by atoms with van der Waals surface area (Å²) < 4.78 is 48.1. The molecule has 2 amide bonds. The number of nitrogens with zero attached hydrogens (tertiary/aromatic N) is 2. The summed E-state index contributed by atoms with van der Waals surface area (Å²) in [6.45, 7) is 0.864. The quantitative estimate of drug-likeness (QED) is 0.193. The number of benzene rings is 3. The van der Waals surface area contributed by atoms with Gasteiger partial charge in [-0.25, -0.2) is 4.98 Å². The molecule has 0 saturated heterocycles. The van der Waals surface area contributed by atoms with Gasteiger partial charge in [0.25, 0.3) is 5.91 Å². The molecule has 2 N–H and O–H groups in total. The van der Waals surface area contributed by atoms with Crippen molar-refractivity contribution in [2.24, 2.45) is 5.41 Å². The van der Waals surface area contributed by atoms with E-state index in [-0.39, 0.29) is 25.3 Å². The molecule has 3 aromatic carbocycles. The van der Waals surface area contributed by atoms with Crippen LogP contribution in [0.4, 0.5) is 18.9 Å². The summed E-state index contributed by atoms with van der Waals surface area (Å²) in [5.41, 5.74) is 1.56. The molecule has 4 aromatic rings. The van der Waals surface area contributed by atoms with Crippen LogP contribution >= 0.6 is 27.5 Å². The number of methoxy groups -OCH3 is 1. The summed E-state index contributed by atoms with van der Waals surface area (Å²) in [5, 5.41) is 5.77. The van der Waals surface area contributed by atoms with Gasteiger partial charge in [0, 0.05) is 47.4 Å². The van der Waals surface area contributed by atoms with Gasteiger partial charge in [0.1, 0.15) is 11.2 Å². The molecular weight excluding hydrogens is 637 g/mol. The Bertz CT molecular complexity index is 1640. The minimum atomic E-state index is -4.57. The number of alkyl halides is 3. The van der Waals surface area contributed by atoms with Crippen molar-refractivity contribution in [2.45, 2.75) is 38.5 Å². The fourth-order valence-corrected chi connectivity index (χ4v) is 5.23. The SMILES string of the molecule is COCCn1c(Cc2cc(CNC(=O)C3(C(F)(F)F)CC3)ccc2Cl)nc2cc(C(=O)Nc3ccc(Br)cc3)ccc21. The number of rotatable bonds is 10. The number of carbonyl (C=O) groups excluding carboxylic acids is 2. The van der Waals surface area contributed by atoms with Crippen LogP contribution in [0.5, 0.6) is 0 Å². The number of aromatic nitrogens is 2. The van der Waals surface area contributed by atoms with Crippen LogP contribution < -0.4 is 10.6 Å². The fourth-order valence-electron chi connectivity index (χ4n) is 4.78. The lowest BCUT2D eigenvalue weighted by Crippen LogP contribution is -2.40. The van der Waals surface area contributed by atoms with Crippen LogP contribution in [0.2, 0.25) is 5.02 Å². The van der Waals surface area contributed by atoms with Gasteiger partial charge < -0.3 is 19.9 Å². The summed E-state index contributed by atoms with van der Waals surface area (Å²) in [7, 11) is 1.60. The summed E-state index contributed by atoms with van der Waals surface area (Å²) >= 11 is 9.88. The molecule has 0 bridgehead atoms. The number of halogens is 5. The number of hydrogen-bond acceptors (Lipinski definition) is 4. The summed E-state index contributed by atoms with van der Waals surface area (Å²) in [4.78, 5) is 30.0. The molecule has 1 fully saturated rings. The Morgan fingerprint density at radius 1 is 1.10 bits per heavy atom. The third kappa shape index (κ3) is 6.33. The molecule has 12 heteroatoms. The smallest absolute Gasteiger partial charge is 0.383 e. The second-order valence-electron chi connectivity index (χ2n) is 10.2. The van der Waals surface area contributed by atoms with E-state index in [0.29, 0.717) is 58.3 Å². The van der Waals surface area contributed by atoms with E-state index in [9.17, 15) is 22.8 Å². The van der Waals surface area contributed by atoms with Crippen molar-refractivity contribution in [1.29, 1.82) is 0 Å². The molecule has 7 nitrogen and oxygen atoms in total. The molecule has 1 aliphatic rings. The van der Waals surface area contributed by atoms with E-state index in [1.165, 1.54) is 0 Å². The van der Waals surface area contributed by atoms with E-state index in [4.69, 9.17) is 21.3 Å². The molecule has 42 heavy (non-hydrogen) atoms. The molecule has 1 aliphatic carbocycles. The van der Waals surface area contributed by atoms with E-state index in [1.807, 2.05) is 22.8 Å². The van der Waals surface area contributed by atoms with Crippen molar-refractivity contribution in [3.05, 3.63) is 92.7 Å². The predicted molar refractivity (Wildman–Crippen MR) is 158 cm³/mol. The van der Waals surface area contributed by atoms with E-state index in [1.54, 1.807) is 49.6 Å². The van der Waals surface area contributed by atoms with Crippen LogP contribution in [-0.4, -0.2) is 41.3 Å². The second-order valence-corrected chi connectivity index (χ2v) is 11.5. The standard InChI is InChI=1S/C30H27BrClF3N4O3/c1-42-13-12-39-25-9-3-19(27(40)37-22-6-4-21(31)5-7-22)15-24(25)38-26(39)16-20-14-18(2-8-23(20)32)17-36-28(41)29(10-11-29)30(33,34)35/h2-9,14-15H,10-13,16-17H2,1H3,(H,36,41)(H,37,40). The predicted octanol–water partition coefficient (Wildman–Crippen LogP) is 6.90. The summed E-state index contributed by atoms with van der Waals surface area (Å²) in [5.74, 6) is -0.610. The zero-order chi connectivity index (χ0) is 30.1. The average molecular weight is 664 g/mol. The van der Waals surface area contributed by atoms with Crippen molar-refractivity contribution in [3.63, 3.8) is 0 Å². The number of fused-ring (bicyclic) bond motifs is 1. The maximum absolute atomic E-state index is 13.3. The summed E-state index contributed by atoms with van der Waals surface area (Å²) in [6.07, 6.45) is -4.64. The lowest BCUT2D eigenvalue weighted by molar-refractivity contribution is -0.192. The number of hydrogen-bond donors (Lipinski definition) is 2. The van der Waals surface area contributed by atoms with Crippen molar-refractivity contribution in [3.8, 4) is 0 Å². The van der Waals surface area contributed by atoms with Crippen LogP contribution in [0.1, 0.15) is 40.2 Å². The van der Waals surface area contributed by atoms with Gasteiger partial charge in [-0.15, -0.1) is 0 Å². The fraction of sp³-hybridized carbons (Fsp3) is 0.300. The first kappa shape index (κ1) is 30.1. The molecular formula is C30H27BrClF3N4O3. The van der Waals surface area contributed by atoms with Crippen molar-refractivity contribution in [1.82, 2.24) is 14.9 Å². The Balaban J connectivity index is 1.37. The highest BCUT2D eigenvalue weighted by molar-refractivity contribution is 9.10. The Morgan fingerprint density at radius 2 is 1.83 bits per heavy atom. The second kappa shape index (κ2) is 12.1. The van der Waals surface area contributed by atoms with E-state index < -0.39 is 17.5 Å². The molecule has 1 aromatic heterocycles. The minimum Gasteiger partial charge on any atom is -0.383 e. The monoisotopic (exact) mass is 662 g/mol. The largest absolute Gasteiger partial charge is 0.403 e. The molecule has 5 rings (SSSR count). The van der Waals surface area contributed by atoms with Gasteiger partial charge in [-0.3, -0.25) is 9.59 Å². The third-order valence-corrected chi connectivity index (χ3v) is 8.25. The van der Waals surface area contributed by atoms with Crippen LogP contribution in [0.25, 0.3) is 11.0 Å². The molecule has 1 saturated carbocycles. The Kier molecular flexibility index (Phi) is 8.63. The zero-order valence-corrected chi connectivity index (χ0v) is 24.9. The normalized spacial score (nSPS) is 14.1. The first-order chi connectivity index (χ1) is 20.0. The minimum absolute atomic E-state index is 0.0578. The van der Waals surface area contributed by atoms with Crippen LogP contribution in [0, 0.1) is 5.41 Å². The van der Waals surface area contributed by atoms with Crippen molar-refractivity contribution >= 4 is 56.1 Å². The Morgan fingerprint density at radius 3 is 2.50 bits per heavy atom. The third-order valence-electron chi connectivity index (χ3n) is 7.35. The average Bonchev–Trinajstić information content (AvgIpc) is 3.72. The highest BCUT2D eigenvalue weighted by Gasteiger charge is 2.68. The van der Waals surface area contributed by atoms with Gasteiger partial charge in [0.2, 0.25) is 5.91 Å². The number of nitrogens with one attached hydrogen (secondary N) is 2. The maximum Gasteiger partial charge on any atom is 0.403 e. The highest BCUT2D eigenvalue weighted by Crippen LogP contribution is 2.57. The first-order valence-electron chi connectivity index (χ1n) is 13.2. The van der Waals surface area contributed by atoms with E-state index in [0.717, 1.165) is 9.99 Å². The summed E-state index contributed by atoms with van der Waals surface area (Å²) in [6, 6.07) is 17.6. The van der Waals surface area contributed by atoms with Gasteiger partial charge in [-0.2, -0.15) is 13.2 Å². The van der Waals surface area contributed by atoms with E-state index >= 15 is 0 Å². The van der Waals surface area contributed by atoms with Crippen LogP contribution in [0.3, 0.4) is 0 Å². The molecule has 0 radical (unpaired) electrons. The Hall–Kier alpha value is -3.41. The molecule has 0 atom stereocenters. The van der Waals surface area contributed by atoms with E-state index in [2.05, 4.69) is 26.6 Å². The maximum atomic E-state index is 13.3. The first-order valence-corrected chi connectivity index (χ1v) is 14.4. The zero-order valence-electron chi connectivity index (χ0n) is 22.5. The molecule has 1 heterocycles. The molecule has 0 unspecified atom stereocenters. The molecule has 0 aliphatic heterocycles. The number of amides is 2. The van der Waals surface area contributed by atoms with Gasteiger partial charge in [-0.1, -0.05) is 39.7 Å². The number of carbonyl (C=O) groups is 2. The van der Waals surface area contributed by atoms with Crippen LogP contribution in [-0.2, 0) is 29.0 Å². The van der Waals surface area contributed by atoms with Gasteiger partial charge in [0.15, 0.2) is 0 Å². The lowest BCUT2D eigenvalue weighted by Gasteiger charge is -2.18. The number of anilines is 1. The lowest BCUT2D eigenvalue weighted by atomic mass is 10.0. The van der Waals surface area contributed by atoms with Crippen LogP contribution in [0.15, 0.2) is 65.1 Å².